The van der Waals surface area contributed by atoms with Gasteiger partial charge in [0.05, 0.1) is 28.2 Å². The van der Waals surface area contributed by atoms with Crippen molar-refractivity contribution < 1.29 is 31.1 Å². The molecule has 2 aliphatic rings. The van der Waals surface area contributed by atoms with E-state index in [1.807, 2.05) is 42.5 Å². The third kappa shape index (κ3) is 6.99. The molecule has 2 aromatic rings. The topological polar surface area (TPSA) is 72.7 Å². The van der Waals surface area contributed by atoms with Gasteiger partial charge in [0.25, 0.3) is 5.70 Å². The highest BCUT2D eigenvalue weighted by Gasteiger charge is 2.42. The summed E-state index contributed by atoms with van der Waals surface area (Å²) in [5.41, 5.74) is 2.59. The third-order valence-corrected chi connectivity index (χ3v) is 7.78. The highest BCUT2D eigenvalue weighted by atomic mass is 79.9. The Kier molecular flexibility index (Phi) is 10.2. The van der Waals surface area contributed by atoms with Crippen LogP contribution in [-0.4, -0.2) is 41.8 Å². The van der Waals surface area contributed by atoms with Crippen molar-refractivity contribution in [1.29, 1.82) is 0 Å². The van der Waals surface area contributed by atoms with Gasteiger partial charge in [-0.2, -0.15) is 0 Å². The molecule has 36 heavy (non-hydrogen) atoms. The predicted octanol–water partition coefficient (Wildman–Crippen LogP) is 1.50. The molecule has 2 heterocycles. The van der Waals surface area contributed by atoms with Crippen LogP contribution < -0.4 is 27.5 Å². The van der Waals surface area contributed by atoms with Crippen LogP contribution in [0.5, 0.6) is 5.75 Å². The van der Waals surface area contributed by atoms with Crippen molar-refractivity contribution in [2.75, 3.05) is 13.7 Å². The maximum Gasteiger partial charge on any atom is 0.255 e. The second-order valence-corrected chi connectivity index (χ2v) is 10.2. The van der Waals surface area contributed by atoms with Crippen molar-refractivity contribution in [1.82, 2.24) is 15.2 Å². The molecular formula is C26H25BrClFN3O3S. The van der Waals surface area contributed by atoms with Crippen molar-refractivity contribution in [3.63, 3.8) is 0 Å². The van der Waals surface area contributed by atoms with Gasteiger partial charge in [0.2, 0.25) is 18.0 Å². The first kappa shape index (κ1) is 28.0. The number of aliphatic imine (C=N–C) groups is 1. The molecule has 0 saturated carbocycles. The minimum atomic E-state index is -0.530. The fourth-order valence-corrected chi connectivity index (χ4v) is 5.75. The number of amides is 2. The number of carbonyl (C=O) groups is 2. The molecule has 0 spiro atoms. The molecule has 189 valence electrons. The lowest BCUT2D eigenvalue weighted by atomic mass is 10.1. The summed E-state index contributed by atoms with van der Waals surface area (Å²) in [7, 11) is 1.59. The number of hydrogen-bond donors (Lipinski definition) is 1. The molecule has 1 N–H and O–H groups in total. The van der Waals surface area contributed by atoms with Gasteiger partial charge >= 0.3 is 0 Å². The molecule has 2 atom stereocenters. The molecule has 1 fully saturated rings. The van der Waals surface area contributed by atoms with Gasteiger partial charge in [0.15, 0.2) is 0 Å². The van der Waals surface area contributed by atoms with Crippen LogP contribution in [0.3, 0.4) is 0 Å². The molecule has 0 aromatic heterocycles. The fourth-order valence-electron chi connectivity index (χ4n) is 3.88. The van der Waals surface area contributed by atoms with Crippen molar-refractivity contribution >= 4 is 45.7 Å². The van der Waals surface area contributed by atoms with Gasteiger partial charge in [-0.05, 0) is 57.4 Å². The highest BCUT2D eigenvalue weighted by molar-refractivity contribution is 9.10. The van der Waals surface area contributed by atoms with Crippen LogP contribution in [-0.2, 0) is 16.1 Å². The van der Waals surface area contributed by atoms with Crippen molar-refractivity contribution in [3.05, 3.63) is 87.8 Å². The van der Waals surface area contributed by atoms with E-state index in [1.54, 1.807) is 30.4 Å². The van der Waals surface area contributed by atoms with Gasteiger partial charge < -0.3 is 27.4 Å². The number of ether oxygens (including phenoxy) is 1. The summed E-state index contributed by atoms with van der Waals surface area (Å²) in [5, 5.41) is 2.05. The van der Waals surface area contributed by atoms with E-state index in [4.69, 9.17) is 4.74 Å². The van der Waals surface area contributed by atoms with E-state index in [0.717, 1.165) is 22.6 Å². The number of nitrogens with zero attached hydrogens (tertiary/aromatic N) is 2. The maximum absolute atomic E-state index is 13.8. The number of hydrogen-bond acceptors (Lipinski definition) is 5. The molecule has 10 heteroatoms. The van der Waals surface area contributed by atoms with E-state index in [0.29, 0.717) is 24.0 Å². The molecule has 6 nitrogen and oxygen atoms in total. The Morgan fingerprint density at radius 3 is 2.81 bits per heavy atom. The second-order valence-electron chi connectivity index (χ2n) is 8.09. The van der Waals surface area contributed by atoms with E-state index in [2.05, 4.69) is 26.2 Å². The third-order valence-electron chi connectivity index (χ3n) is 5.69. The minimum absolute atomic E-state index is 0. The Balaban J connectivity index is 0.00000361. The number of halogens is 3. The van der Waals surface area contributed by atoms with Gasteiger partial charge in [0, 0.05) is 31.7 Å². The average Bonchev–Trinajstić information content (AvgIpc) is 3.18. The van der Waals surface area contributed by atoms with Crippen LogP contribution in [0.15, 0.2) is 70.9 Å². The quantitative estimate of drug-likeness (QED) is 0.479. The van der Waals surface area contributed by atoms with Crippen molar-refractivity contribution in [2.45, 2.75) is 30.0 Å². The standard InChI is InChI=1S/C26H25BrFN3O3S.ClH/c1-34-20-7-4-5-17(13-20)16-30-24(32)15-23-25(33)31(12-10-19-6-2-3-11-29-19)26(35-23)18-8-9-22(28)21(27)14-18;/h2-9,11,13-14,23,26H,10,12,15-16H2,1H3,(H,30,32);1H/q+1;/p-1. The van der Waals surface area contributed by atoms with Gasteiger partial charge in [-0.1, -0.05) is 18.2 Å². The van der Waals surface area contributed by atoms with Crippen molar-refractivity contribution in [2.24, 2.45) is 0 Å². The number of carbonyl (C=O) groups excluding carboxylic acids is 2. The molecular weight excluding hydrogens is 569 g/mol. The van der Waals surface area contributed by atoms with Crippen LogP contribution in [0, 0.1) is 5.82 Å². The Labute approximate surface area is 228 Å². The van der Waals surface area contributed by atoms with Crippen LogP contribution in [0.4, 0.5) is 4.39 Å². The summed E-state index contributed by atoms with van der Waals surface area (Å²) in [6.07, 6.45) is 8.04. The number of benzene rings is 2. The van der Waals surface area contributed by atoms with Crippen LogP contribution in [0.25, 0.3) is 0 Å². The summed E-state index contributed by atoms with van der Waals surface area (Å²) in [6, 6.07) is 12.2. The minimum Gasteiger partial charge on any atom is -1.00 e. The summed E-state index contributed by atoms with van der Waals surface area (Å²) < 4.78 is 19.4. The largest absolute Gasteiger partial charge is 1.00 e. The van der Waals surface area contributed by atoms with E-state index >= 15 is 0 Å². The lowest BCUT2D eigenvalue weighted by molar-refractivity contribution is -0.132. The number of rotatable bonds is 9. The molecule has 2 aromatic carbocycles. The van der Waals surface area contributed by atoms with E-state index in [9.17, 15) is 14.0 Å². The van der Waals surface area contributed by atoms with Gasteiger partial charge in [-0.3, -0.25) is 9.59 Å². The van der Waals surface area contributed by atoms with Gasteiger partial charge in [0.1, 0.15) is 16.9 Å². The fraction of sp³-hybridized carbons (Fsp3) is 0.269. The van der Waals surface area contributed by atoms with E-state index in [-0.39, 0.29) is 41.8 Å². The summed E-state index contributed by atoms with van der Waals surface area (Å²) >= 11 is 4.66. The number of allylic oxidation sites excluding steroid dienone is 3. The Morgan fingerprint density at radius 2 is 2.08 bits per heavy atom. The highest BCUT2D eigenvalue weighted by Crippen LogP contribution is 2.45. The lowest BCUT2D eigenvalue weighted by Gasteiger charge is -2.23. The van der Waals surface area contributed by atoms with E-state index in [1.165, 1.54) is 17.8 Å². The second kappa shape index (κ2) is 13.1. The zero-order valence-corrected chi connectivity index (χ0v) is 22.7. The summed E-state index contributed by atoms with van der Waals surface area (Å²) in [4.78, 5) is 32.2. The molecule has 1 saturated heterocycles. The van der Waals surface area contributed by atoms with Crippen LogP contribution in [0.1, 0.15) is 29.3 Å². The van der Waals surface area contributed by atoms with Gasteiger partial charge in [-0.15, -0.1) is 11.8 Å². The molecule has 2 aliphatic heterocycles. The first-order chi connectivity index (χ1) is 16.9. The summed E-state index contributed by atoms with van der Waals surface area (Å²) in [6.45, 7) is 0.795. The summed E-state index contributed by atoms with van der Waals surface area (Å²) in [5.74, 6) is 0.0453. The smallest absolute Gasteiger partial charge is 0.255 e. The zero-order chi connectivity index (χ0) is 24.8. The molecule has 2 unspecified atom stereocenters. The van der Waals surface area contributed by atoms with Crippen LogP contribution >= 0.6 is 27.7 Å². The first-order valence-corrected chi connectivity index (χ1v) is 12.9. The molecule has 0 aliphatic carbocycles. The van der Waals surface area contributed by atoms with Crippen molar-refractivity contribution in [3.8, 4) is 5.75 Å². The average molecular weight is 594 g/mol. The Morgan fingerprint density at radius 1 is 1.25 bits per heavy atom. The molecule has 0 bridgehead atoms. The number of methoxy groups -OCH3 is 1. The monoisotopic (exact) mass is 592 g/mol. The number of nitrogens with one attached hydrogen (secondary N) is 1. The predicted molar refractivity (Wildman–Crippen MR) is 139 cm³/mol. The lowest BCUT2D eigenvalue weighted by Crippen LogP contribution is -3.00. The normalized spacial score (nSPS) is 18.6. The molecule has 2 amide bonds. The molecule has 1 radical (unpaired) electrons. The zero-order valence-electron chi connectivity index (χ0n) is 19.5. The maximum atomic E-state index is 13.8. The van der Waals surface area contributed by atoms with Crippen LogP contribution in [0.2, 0.25) is 0 Å². The SMILES string of the molecule is COc1cccc(CNC(=O)CC2SC(c3ccc(F)c(Br)c3)N(CCC3=CC=CC=[N+]3)C2=O)c1.[Cl-]. The number of thioether (sulfide) groups is 1. The Hall–Kier alpha value is -2.62. The van der Waals surface area contributed by atoms with E-state index < -0.39 is 5.25 Å². The molecule has 4 rings (SSSR count). The van der Waals surface area contributed by atoms with Gasteiger partial charge in [-0.25, -0.2) is 4.39 Å². The first-order valence-electron chi connectivity index (χ1n) is 11.1. The Bertz CT molecular complexity index is 1210.